The van der Waals surface area contributed by atoms with E-state index in [1.807, 2.05) is 7.05 Å². The Labute approximate surface area is 98.1 Å². The summed E-state index contributed by atoms with van der Waals surface area (Å²) in [6.07, 6.45) is 4.96. The Balaban J connectivity index is 2.27. The molecule has 0 atom stereocenters. The molecule has 4 nitrogen and oxygen atoms in total. The van der Waals surface area contributed by atoms with Crippen LogP contribution in [0.5, 0.6) is 0 Å². The summed E-state index contributed by atoms with van der Waals surface area (Å²) in [6.45, 7) is 2.12. The standard InChI is InChI=1S/C12H24N2O2/c1-14(7-4-8-16-2)11(15)9-12(10-13)5-3-6-12/h3-10,13H2,1-2H3. The van der Waals surface area contributed by atoms with Crippen molar-refractivity contribution in [2.45, 2.75) is 32.1 Å². The molecule has 0 spiro atoms. The van der Waals surface area contributed by atoms with Crippen molar-refractivity contribution in [3.05, 3.63) is 0 Å². The molecule has 1 aliphatic rings. The van der Waals surface area contributed by atoms with Gasteiger partial charge < -0.3 is 15.4 Å². The first-order valence-corrected chi connectivity index (χ1v) is 6.06. The highest BCUT2D eigenvalue weighted by Crippen LogP contribution is 2.43. The first-order valence-electron chi connectivity index (χ1n) is 6.06. The van der Waals surface area contributed by atoms with Gasteiger partial charge in [0.15, 0.2) is 0 Å². The normalized spacial score (nSPS) is 17.9. The lowest BCUT2D eigenvalue weighted by Crippen LogP contribution is -2.42. The highest BCUT2D eigenvalue weighted by Gasteiger charge is 2.38. The zero-order chi connectivity index (χ0) is 12.0. The van der Waals surface area contributed by atoms with E-state index in [1.54, 1.807) is 12.0 Å². The highest BCUT2D eigenvalue weighted by atomic mass is 16.5. The van der Waals surface area contributed by atoms with E-state index in [1.165, 1.54) is 6.42 Å². The van der Waals surface area contributed by atoms with Crippen LogP contribution < -0.4 is 5.73 Å². The second-order valence-corrected chi connectivity index (χ2v) is 4.90. The molecule has 0 bridgehead atoms. The van der Waals surface area contributed by atoms with E-state index >= 15 is 0 Å². The van der Waals surface area contributed by atoms with Crippen molar-refractivity contribution in [1.82, 2.24) is 4.90 Å². The fourth-order valence-electron chi connectivity index (χ4n) is 2.16. The third kappa shape index (κ3) is 3.46. The molecule has 0 unspecified atom stereocenters. The molecule has 1 rings (SSSR count). The van der Waals surface area contributed by atoms with Crippen LogP contribution in [0.1, 0.15) is 32.1 Å². The van der Waals surface area contributed by atoms with Gasteiger partial charge in [-0.1, -0.05) is 6.42 Å². The van der Waals surface area contributed by atoms with Gasteiger partial charge in [0, 0.05) is 33.7 Å². The molecular weight excluding hydrogens is 204 g/mol. The summed E-state index contributed by atoms with van der Waals surface area (Å²) in [6, 6.07) is 0. The molecule has 0 radical (unpaired) electrons. The summed E-state index contributed by atoms with van der Waals surface area (Å²) in [7, 11) is 3.54. The molecule has 1 amide bonds. The van der Waals surface area contributed by atoms with Crippen LogP contribution in [-0.2, 0) is 9.53 Å². The Bertz CT molecular complexity index is 222. The number of nitrogens with two attached hydrogens (primary N) is 1. The Kier molecular flexibility index (Phi) is 5.22. The van der Waals surface area contributed by atoms with Crippen LogP contribution >= 0.6 is 0 Å². The smallest absolute Gasteiger partial charge is 0.222 e. The fraction of sp³-hybridized carbons (Fsp3) is 0.917. The van der Waals surface area contributed by atoms with Gasteiger partial charge >= 0.3 is 0 Å². The van der Waals surface area contributed by atoms with Gasteiger partial charge in [0.05, 0.1) is 0 Å². The minimum atomic E-state index is 0.118. The summed E-state index contributed by atoms with van der Waals surface area (Å²) >= 11 is 0. The van der Waals surface area contributed by atoms with E-state index in [9.17, 15) is 4.79 Å². The zero-order valence-corrected chi connectivity index (χ0v) is 10.5. The lowest BCUT2D eigenvalue weighted by molar-refractivity contribution is -0.133. The van der Waals surface area contributed by atoms with Gasteiger partial charge in [-0.3, -0.25) is 4.79 Å². The van der Waals surface area contributed by atoms with Gasteiger partial charge in [-0.2, -0.15) is 0 Å². The first kappa shape index (κ1) is 13.5. The van der Waals surface area contributed by atoms with E-state index in [0.717, 1.165) is 25.8 Å². The lowest BCUT2D eigenvalue weighted by atomic mass is 9.66. The van der Waals surface area contributed by atoms with Crippen LogP contribution in [0, 0.1) is 5.41 Å². The maximum atomic E-state index is 11.9. The van der Waals surface area contributed by atoms with Crippen molar-refractivity contribution in [2.24, 2.45) is 11.1 Å². The van der Waals surface area contributed by atoms with Crippen LogP contribution in [0.15, 0.2) is 0 Å². The summed E-state index contributed by atoms with van der Waals surface area (Å²) < 4.78 is 4.97. The Morgan fingerprint density at radius 3 is 2.62 bits per heavy atom. The molecule has 94 valence electrons. The fourth-order valence-corrected chi connectivity index (χ4v) is 2.16. The maximum absolute atomic E-state index is 11.9. The summed E-state index contributed by atoms with van der Waals surface area (Å²) in [4.78, 5) is 13.7. The third-order valence-electron chi connectivity index (χ3n) is 3.64. The second kappa shape index (κ2) is 6.21. The van der Waals surface area contributed by atoms with Gasteiger partial charge in [0.2, 0.25) is 5.91 Å². The molecule has 1 saturated carbocycles. The summed E-state index contributed by atoms with van der Waals surface area (Å²) in [5.74, 6) is 0.223. The molecule has 1 fully saturated rings. The molecule has 0 saturated heterocycles. The van der Waals surface area contributed by atoms with E-state index < -0.39 is 0 Å². The van der Waals surface area contributed by atoms with Crippen LogP contribution in [0.2, 0.25) is 0 Å². The largest absolute Gasteiger partial charge is 0.385 e. The van der Waals surface area contributed by atoms with E-state index in [4.69, 9.17) is 10.5 Å². The quantitative estimate of drug-likeness (QED) is 0.661. The average Bonchev–Trinajstić information content (AvgIpc) is 2.23. The van der Waals surface area contributed by atoms with Crippen molar-refractivity contribution >= 4 is 5.91 Å². The van der Waals surface area contributed by atoms with Gasteiger partial charge in [-0.25, -0.2) is 0 Å². The predicted molar refractivity (Wildman–Crippen MR) is 64.1 cm³/mol. The molecule has 0 aromatic carbocycles. The third-order valence-corrected chi connectivity index (χ3v) is 3.64. The number of methoxy groups -OCH3 is 1. The van der Waals surface area contributed by atoms with Crippen molar-refractivity contribution < 1.29 is 9.53 Å². The molecular formula is C12H24N2O2. The molecule has 0 aromatic rings. The number of ether oxygens (including phenoxy) is 1. The van der Waals surface area contributed by atoms with Crippen molar-refractivity contribution in [3.63, 3.8) is 0 Å². The minimum Gasteiger partial charge on any atom is -0.385 e. The number of nitrogens with zero attached hydrogens (tertiary/aromatic N) is 1. The number of carbonyl (C=O) groups is 1. The lowest BCUT2D eigenvalue weighted by Gasteiger charge is -2.41. The van der Waals surface area contributed by atoms with Crippen molar-refractivity contribution in [1.29, 1.82) is 0 Å². The molecule has 0 heterocycles. The van der Waals surface area contributed by atoms with Crippen LogP contribution in [-0.4, -0.2) is 44.7 Å². The predicted octanol–water partition coefficient (Wildman–Crippen LogP) is 1.00. The van der Waals surface area contributed by atoms with Crippen LogP contribution in [0.25, 0.3) is 0 Å². The minimum absolute atomic E-state index is 0.118. The Morgan fingerprint density at radius 1 is 1.50 bits per heavy atom. The van der Waals surface area contributed by atoms with Gasteiger partial charge in [0.1, 0.15) is 0 Å². The number of hydrogen-bond donors (Lipinski definition) is 1. The monoisotopic (exact) mass is 228 g/mol. The molecule has 0 aromatic heterocycles. The molecule has 0 aliphatic heterocycles. The van der Waals surface area contributed by atoms with Crippen molar-refractivity contribution in [2.75, 3.05) is 33.9 Å². The highest BCUT2D eigenvalue weighted by molar-refractivity contribution is 5.76. The Hall–Kier alpha value is -0.610. The SMILES string of the molecule is COCCCN(C)C(=O)CC1(CN)CCC1. The Morgan fingerprint density at radius 2 is 2.19 bits per heavy atom. The molecule has 4 heteroatoms. The summed E-state index contributed by atoms with van der Waals surface area (Å²) in [5, 5.41) is 0. The van der Waals surface area contributed by atoms with Crippen molar-refractivity contribution in [3.8, 4) is 0 Å². The zero-order valence-electron chi connectivity index (χ0n) is 10.5. The van der Waals surface area contributed by atoms with E-state index in [0.29, 0.717) is 19.6 Å². The number of rotatable bonds is 7. The van der Waals surface area contributed by atoms with Gasteiger partial charge in [-0.05, 0) is 31.2 Å². The molecule has 2 N–H and O–H groups in total. The summed E-state index contributed by atoms with van der Waals surface area (Å²) in [5.41, 5.74) is 5.87. The van der Waals surface area contributed by atoms with Crippen LogP contribution in [0.3, 0.4) is 0 Å². The number of hydrogen-bond acceptors (Lipinski definition) is 3. The second-order valence-electron chi connectivity index (χ2n) is 4.90. The van der Waals surface area contributed by atoms with Gasteiger partial charge in [0.25, 0.3) is 0 Å². The van der Waals surface area contributed by atoms with Gasteiger partial charge in [-0.15, -0.1) is 0 Å². The number of amides is 1. The average molecular weight is 228 g/mol. The first-order chi connectivity index (χ1) is 7.63. The van der Waals surface area contributed by atoms with E-state index in [-0.39, 0.29) is 11.3 Å². The number of carbonyl (C=O) groups excluding carboxylic acids is 1. The molecule has 1 aliphatic carbocycles. The topological polar surface area (TPSA) is 55.6 Å². The van der Waals surface area contributed by atoms with E-state index in [2.05, 4.69) is 0 Å². The maximum Gasteiger partial charge on any atom is 0.222 e. The van der Waals surface area contributed by atoms with Crippen LogP contribution in [0.4, 0.5) is 0 Å². The molecule has 16 heavy (non-hydrogen) atoms.